The molecular weight excluding hydrogens is 382 g/mol. The SMILES string of the molecule is Cc1ccccc1-n1c(SCc2nc3ccccc3o2)nc2ccccc2c1=O. The number of rotatable bonds is 4. The molecule has 0 saturated heterocycles. The molecule has 0 aliphatic carbocycles. The first-order valence-electron chi connectivity index (χ1n) is 9.26. The van der Waals surface area contributed by atoms with Crippen molar-refractivity contribution < 1.29 is 4.42 Å². The summed E-state index contributed by atoms with van der Waals surface area (Å²) in [4.78, 5) is 22.6. The molecule has 5 aromatic rings. The van der Waals surface area contributed by atoms with Crippen LogP contribution in [0.25, 0.3) is 27.7 Å². The molecule has 0 radical (unpaired) electrons. The van der Waals surface area contributed by atoms with Crippen LogP contribution in [0.1, 0.15) is 11.5 Å². The van der Waals surface area contributed by atoms with E-state index in [1.165, 1.54) is 11.8 Å². The summed E-state index contributed by atoms with van der Waals surface area (Å²) in [6, 6.07) is 22.9. The molecule has 0 bridgehead atoms. The van der Waals surface area contributed by atoms with Gasteiger partial charge in [-0.3, -0.25) is 9.36 Å². The van der Waals surface area contributed by atoms with Crippen LogP contribution >= 0.6 is 11.8 Å². The van der Waals surface area contributed by atoms with Gasteiger partial charge in [-0.05, 0) is 42.8 Å². The maximum atomic E-state index is 13.3. The molecule has 0 spiro atoms. The Hall–Kier alpha value is -3.38. The number of benzene rings is 3. The minimum atomic E-state index is -0.0787. The summed E-state index contributed by atoms with van der Waals surface area (Å²) in [6.45, 7) is 1.99. The van der Waals surface area contributed by atoms with Crippen molar-refractivity contribution in [1.82, 2.24) is 14.5 Å². The number of aryl methyl sites for hydroxylation is 1. The topological polar surface area (TPSA) is 60.9 Å². The molecule has 0 aliphatic rings. The summed E-state index contributed by atoms with van der Waals surface area (Å²) < 4.78 is 7.52. The normalized spacial score (nSPS) is 11.3. The molecule has 142 valence electrons. The predicted molar refractivity (Wildman–Crippen MR) is 116 cm³/mol. The average Bonchev–Trinajstić information content (AvgIpc) is 3.16. The fraction of sp³-hybridized carbons (Fsp3) is 0.0870. The van der Waals surface area contributed by atoms with Crippen LogP contribution in [-0.4, -0.2) is 14.5 Å². The zero-order valence-electron chi connectivity index (χ0n) is 15.7. The first-order valence-corrected chi connectivity index (χ1v) is 10.2. The largest absolute Gasteiger partial charge is 0.440 e. The van der Waals surface area contributed by atoms with Crippen molar-refractivity contribution in [2.24, 2.45) is 0 Å². The van der Waals surface area contributed by atoms with Crippen LogP contribution in [0, 0.1) is 6.92 Å². The Morgan fingerprint density at radius 2 is 1.62 bits per heavy atom. The van der Waals surface area contributed by atoms with Gasteiger partial charge in [0.1, 0.15) is 5.52 Å². The first-order chi connectivity index (χ1) is 14.2. The van der Waals surface area contributed by atoms with Crippen LogP contribution in [-0.2, 0) is 5.75 Å². The molecule has 0 amide bonds. The Bertz CT molecular complexity index is 1370. The molecule has 0 unspecified atom stereocenters. The van der Waals surface area contributed by atoms with Gasteiger partial charge in [0.2, 0.25) is 5.89 Å². The number of para-hydroxylation sites is 4. The number of hydrogen-bond donors (Lipinski definition) is 0. The third kappa shape index (κ3) is 3.21. The maximum absolute atomic E-state index is 13.3. The van der Waals surface area contributed by atoms with Gasteiger partial charge in [0.25, 0.3) is 5.56 Å². The van der Waals surface area contributed by atoms with E-state index in [0.29, 0.717) is 27.7 Å². The van der Waals surface area contributed by atoms with Crippen LogP contribution in [0.5, 0.6) is 0 Å². The van der Waals surface area contributed by atoms with Crippen molar-refractivity contribution in [1.29, 1.82) is 0 Å². The van der Waals surface area contributed by atoms with Crippen LogP contribution in [0.3, 0.4) is 0 Å². The van der Waals surface area contributed by atoms with Crippen molar-refractivity contribution >= 4 is 33.8 Å². The minimum Gasteiger partial charge on any atom is -0.440 e. The molecule has 0 fully saturated rings. The highest BCUT2D eigenvalue weighted by molar-refractivity contribution is 7.98. The van der Waals surface area contributed by atoms with Gasteiger partial charge in [-0.1, -0.05) is 54.2 Å². The van der Waals surface area contributed by atoms with Crippen LogP contribution in [0.4, 0.5) is 0 Å². The van der Waals surface area contributed by atoms with Gasteiger partial charge in [-0.2, -0.15) is 0 Å². The van der Waals surface area contributed by atoms with Gasteiger partial charge in [-0.15, -0.1) is 0 Å². The van der Waals surface area contributed by atoms with Gasteiger partial charge in [0.15, 0.2) is 10.7 Å². The number of aromatic nitrogens is 3. The second-order valence-electron chi connectivity index (χ2n) is 6.70. The van der Waals surface area contributed by atoms with Crippen molar-refractivity contribution in [3.63, 3.8) is 0 Å². The van der Waals surface area contributed by atoms with E-state index >= 15 is 0 Å². The molecule has 29 heavy (non-hydrogen) atoms. The summed E-state index contributed by atoms with van der Waals surface area (Å²) in [5, 5.41) is 1.22. The maximum Gasteiger partial charge on any atom is 0.266 e. The van der Waals surface area contributed by atoms with Crippen LogP contribution < -0.4 is 5.56 Å². The molecule has 0 atom stereocenters. The summed E-state index contributed by atoms with van der Waals surface area (Å²) in [5.41, 5.74) is 4.02. The van der Waals surface area contributed by atoms with Gasteiger partial charge in [0.05, 0.1) is 22.3 Å². The van der Waals surface area contributed by atoms with E-state index in [9.17, 15) is 4.79 Å². The van der Waals surface area contributed by atoms with E-state index in [4.69, 9.17) is 9.40 Å². The standard InChI is InChI=1S/C23H17N3O2S/c1-15-8-2-6-12-19(15)26-22(27)16-9-3-4-10-17(16)25-23(26)29-14-21-24-18-11-5-7-13-20(18)28-21/h2-13H,14H2,1H3. The molecule has 2 heterocycles. The highest BCUT2D eigenvalue weighted by atomic mass is 32.2. The molecule has 0 N–H and O–H groups in total. The number of thioether (sulfide) groups is 1. The fourth-order valence-electron chi connectivity index (χ4n) is 3.34. The zero-order valence-corrected chi connectivity index (χ0v) is 16.5. The van der Waals surface area contributed by atoms with Crippen molar-refractivity contribution in [3.8, 4) is 5.69 Å². The van der Waals surface area contributed by atoms with E-state index in [0.717, 1.165) is 22.4 Å². The monoisotopic (exact) mass is 399 g/mol. The summed E-state index contributed by atoms with van der Waals surface area (Å²) in [7, 11) is 0. The second kappa shape index (κ2) is 7.22. The van der Waals surface area contributed by atoms with Crippen molar-refractivity contribution in [3.05, 3.63) is 94.6 Å². The van der Waals surface area contributed by atoms with E-state index < -0.39 is 0 Å². The Balaban J connectivity index is 1.62. The third-order valence-electron chi connectivity index (χ3n) is 4.76. The first kappa shape index (κ1) is 17.7. The summed E-state index contributed by atoms with van der Waals surface area (Å²) >= 11 is 1.44. The number of nitrogens with zero attached hydrogens (tertiary/aromatic N) is 3. The van der Waals surface area contributed by atoms with E-state index in [1.807, 2.05) is 79.7 Å². The lowest BCUT2D eigenvalue weighted by molar-refractivity contribution is 0.556. The summed E-state index contributed by atoms with van der Waals surface area (Å²) in [5.74, 6) is 1.08. The molecule has 5 nitrogen and oxygen atoms in total. The van der Waals surface area contributed by atoms with E-state index in [1.54, 1.807) is 4.57 Å². The van der Waals surface area contributed by atoms with Gasteiger partial charge < -0.3 is 4.42 Å². The van der Waals surface area contributed by atoms with Crippen molar-refractivity contribution in [2.45, 2.75) is 17.8 Å². The predicted octanol–water partition coefficient (Wildman–Crippen LogP) is 5.13. The Labute approximate surface area is 171 Å². The molecule has 0 aliphatic heterocycles. The zero-order chi connectivity index (χ0) is 19.8. The molecule has 2 aromatic heterocycles. The number of hydrogen-bond acceptors (Lipinski definition) is 5. The quantitative estimate of drug-likeness (QED) is 0.310. The lowest BCUT2D eigenvalue weighted by atomic mass is 10.2. The second-order valence-corrected chi connectivity index (χ2v) is 7.65. The number of oxazole rings is 1. The lowest BCUT2D eigenvalue weighted by Crippen LogP contribution is -2.22. The Morgan fingerprint density at radius 3 is 2.45 bits per heavy atom. The Kier molecular flexibility index (Phi) is 4.41. The molecule has 0 saturated carbocycles. The van der Waals surface area contributed by atoms with Crippen LogP contribution in [0.2, 0.25) is 0 Å². The van der Waals surface area contributed by atoms with Crippen molar-refractivity contribution in [2.75, 3.05) is 0 Å². The molecule has 3 aromatic carbocycles. The Morgan fingerprint density at radius 1 is 0.897 bits per heavy atom. The average molecular weight is 399 g/mol. The lowest BCUT2D eigenvalue weighted by Gasteiger charge is -2.14. The van der Waals surface area contributed by atoms with Gasteiger partial charge in [0, 0.05) is 0 Å². The van der Waals surface area contributed by atoms with Gasteiger partial charge >= 0.3 is 0 Å². The summed E-state index contributed by atoms with van der Waals surface area (Å²) in [6.07, 6.45) is 0. The molecule has 6 heteroatoms. The highest BCUT2D eigenvalue weighted by Gasteiger charge is 2.16. The smallest absolute Gasteiger partial charge is 0.266 e. The van der Waals surface area contributed by atoms with Crippen LogP contribution in [0.15, 0.2) is 87.2 Å². The van der Waals surface area contributed by atoms with E-state index in [2.05, 4.69) is 4.98 Å². The molecular formula is C23H17N3O2S. The number of fused-ring (bicyclic) bond motifs is 2. The third-order valence-corrected chi connectivity index (χ3v) is 5.69. The minimum absolute atomic E-state index is 0.0787. The van der Waals surface area contributed by atoms with Gasteiger partial charge in [-0.25, -0.2) is 9.97 Å². The van der Waals surface area contributed by atoms with E-state index in [-0.39, 0.29) is 5.56 Å². The highest BCUT2D eigenvalue weighted by Crippen LogP contribution is 2.27. The molecule has 5 rings (SSSR count). The fourth-order valence-corrected chi connectivity index (χ4v) is 4.19.